The molecule has 0 saturated heterocycles. The Balaban J connectivity index is 2.77. The first-order valence-electron chi connectivity index (χ1n) is 4.70. The van der Waals surface area contributed by atoms with Gasteiger partial charge in [0.15, 0.2) is 0 Å². The van der Waals surface area contributed by atoms with E-state index in [9.17, 15) is 14.7 Å². The van der Waals surface area contributed by atoms with Crippen LogP contribution >= 0.6 is 34.4 Å². The summed E-state index contributed by atoms with van der Waals surface area (Å²) < 4.78 is 2.10. The molecule has 7 heteroatoms. The van der Waals surface area contributed by atoms with Crippen LogP contribution in [0.1, 0.15) is 22.0 Å². The van der Waals surface area contributed by atoms with Crippen molar-refractivity contribution in [3.05, 3.63) is 27.5 Å². The van der Waals surface area contributed by atoms with Crippen LogP contribution in [0.4, 0.5) is 0 Å². The molecular formula is C10H6IN2O3S-. The van der Waals surface area contributed by atoms with Gasteiger partial charge in [0.1, 0.15) is 6.07 Å². The van der Waals surface area contributed by atoms with E-state index in [1.54, 1.807) is 0 Å². The second-order valence-corrected chi connectivity index (χ2v) is 5.36. The van der Waals surface area contributed by atoms with Crippen LogP contribution < -0.4 is 10.7 Å². The van der Waals surface area contributed by atoms with Gasteiger partial charge in [0.2, 0.25) is 0 Å². The van der Waals surface area contributed by atoms with Crippen molar-refractivity contribution in [3.8, 4) is 6.07 Å². The topological polar surface area (TPSA) is 85.9 Å². The minimum atomic E-state index is -1.54. The van der Waals surface area contributed by atoms with E-state index < -0.39 is 17.1 Å². The summed E-state index contributed by atoms with van der Waals surface area (Å²) in [5.74, 6) is -0.852. The third-order valence-corrected chi connectivity index (χ3v) is 4.74. The Morgan fingerprint density at radius 3 is 3.00 bits per heavy atom. The van der Waals surface area contributed by atoms with Crippen molar-refractivity contribution in [2.75, 3.05) is 10.2 Å². The van der Waals surface area contributed by atoms with Crippen LogP contribution in [0.5, 0.6) is 0 Å². The molecule has 1 atom stereocenters. The normalized spacial score (nSPS) is 17.5. The van der Waals surface area contributed by atoms with Crippen LogP contribution in [0.25, 0.3) is 0 Å². The lowest BCUT2D eigenvalue weighted by molar-refractivity contribution is -0.255. The molecule has 1 aromatic heterocycles. The first-order valence-corrected chi connectivity index (χ1v) is 7.21. The molecule has 0 unspecified atom stereocenters. The van der Waals surface area contributed by atoms with Crippen LogP contribution in [0.3, 0.4) is 0 Å². The Hall–Kier alpha value is -1.01. The fraction of sp³-hybridized carbons (Fsp3) is 0.300. The standard InChI is InChI=1S/C10H7IN2O3S/c11-2-6-4-17-9-5(3-12)1-7(10(15)16)8(14)13(6)9/h1,6H,2,4H2,(H,15,16)/p-1/t6-/m1/s1. The average Bonchev–Trinajstić information content (AvgIpc) is 2.73. The van der Waals surface area contributed by atoms with Gasteiger partial charge in [0.25, 0.3) is 5.56 Å². The molecule has 0 N–H and O–H groups in total. The van der Waals surface area contributed by atoms with E-state index in [1.165, 1.54) is 16.3 Å². The summed E-state index contributed by atoms with van der Waals surface area (Å²) in [6.45, 7) is 0. The Kier molecular flexibility index (Phi) is 3.44. The Labute approximate surface area is 115 Å². The minimum absolute atomic E-state index is 0.0606. The molecule has 17 heavy (non-hydrogen) atoms. The fourth-order valence-electron chi connectivity index (χ4n) is 1.69. The molecule has 88 valence electrons. The van der Waals surface area contributed by atoms with Gasteiger partial charge in [-0.15, -0.1) is 11.8 Å². The predicted octanol–water partition coefficient (Wildman–Crippen LogP) is 0.165. The van der Waals surface area contributed by atoms with E-state index in [4.69, 9.17) is 5.26 Å². The van der Waals surface area contributed by atoms with Crippen LogP contribution in [-0.4, -0.2) is 20.7 Å². The number of hydrogen-bond acceptors (Lipinski definition) is 5. The molecule has 0 amide bonds. The Morgan fingerprint density at radius 1 is 1.76 bits per heavy atom. The highest BCUT2D eigenvalue weighted by Crippen LogP contribution is 2.35. The van der Waals surface area contributed by atoms with Crippen molar-refractivity contribution in [3.63, 3.8) is 0 Å². The number of rotatable bonds is 2. The highest BCUT2D eigenvalue weighted by Gasteiger charge is 2.27. The van der Waals surface area contributed by atoms with Gasteiger partial charge < -0.3 is 9.90 Å². The molecule has 2 rings (SSSR count). The maximum absolute atomic E-state index is 12.0. The summed E-state index contributed by atoms with van der Waals surface area (Å²) in [5, 5.41) is 20.4. The number of pyridine rings is 1. The van der Waals surface area contributed by atoms with Crippen molar-refractivity contribution in [1.82, 2.24) is 4.57 Å². The van der Waals surface area contributed by atoms with Crippen molar-refractivity contribution in [1.29, 1.82) is 5.26 Å². The van der Waals surface area contributed by atoms with Gasteiger partial charge in [0, 0.05) is 10.2 Å². The molecule has 1 aromatic rings. The van der Waals surface area contributed by atoms with Gasteiger partial charge in [-0.2, -0.15) is 5.26 Å². The number of carboxylic acids is 1. The number of thioether (sulfide) groups is 1. The zero-order valence-corrected chi connectivity index (χ0v) is 11.4. The molecule has 0 bridgehead atoms. The first-order chi connectivity index (χ1) is 8.10. The monoisotopic (exact) mass is 361 g/mol. The van der Waals surface area contributed by atoms with Crippen LogP contribution in [0.15, 0.2) is 15.9 Å². The maximum Gasteiger partial charge on any atom is 0.260 e. The number of halogens is 1. The van der Waals surface area contributed by atoms with Crippen LogP contribution in [0, 0.1) is 11.3 Å². The lowest BCUT2D eigenvalue weighted by atomic mass is 10.2. The largest absolute Gasteiger partial charge is 0.545 e. The number of aromatic carboxylic acids is 1. The number of carbonyl (C=O) groups excluding carboxylic acids is 1. The molecular weight excluding hydrogens is 355 g/mol. The molecule has 0 aliphatic carbocycles. The van der Waals surface area contributed by atoms with Gasteiger partial charge in [-0.1, -0.05) is 22.6 Å². The van der Waals surface area contributed by atoms with Gasteiger partial charge in [-0.25, -0.2) is 0 Å². The molecule has 1 aliphatic heterocycles. The molecule has 0 radical (unpaired) electrons. The number of fused-ring (bicyclic) bond motifs is 1. The number of carboxylic acid groups (broad SMARTS) is 1. The second-order valence-electron chi connectivity index (χ2n) is 3.47. The summed E-state index contributed by atoms with van der Waals surface area (Å²) in [4.78, 5) is 22.8. The lowest BCUT2D eigenvalue weighted by Crippen LogP contribution is -2.35. The molecule has 2 heterocycles. The van der Waals surface area contributed by atoms with Crippen molar-refractivity contribution in [2.24, 2.45) is 0 Å². The van der Waals surface area contributed by atoms with E-state index in [1.807, 2.05) is 6.07 Å². The number of carbonyl (C=O) groups is 1. The van der Waals surface area contributed by atoms with E-state index in [0.29, 0.717) is 15.2 Å². The number of nitriles is 1. The van der Waals surface area contributed by atoms with Crippen LogP contribution in [0.2, 0.25) is 0 Å². The number of alkyl halides is 1. The third-order valence-electron chi connectivity index (χ3n) is 2.48. The Bertz CT molecular complexity index is 590. The summed E-state index contributed by atoms with van der Waals surface area (Å²) in [7, 11) is 0. The Morgan fingerprint density at radius 2 is 2.47 bits per heavy atom. The summed E-state index contributed by atoms with van der Waals surface area (Å²) >= 11 is 3.55. The van der Waals surface area contributed by atoms with E-state index in [-0.39, 0.29) is 11.6 Å². The summed E-state index contributed by atoms with van der Waals surface area (Å²) in [6.07, 6.45) is 0. The number of hydrogen-bond donors (Lipinski definition) is 0. The molecule has 0 saturated carbocycles. The fourth-order valence-corrected chi connectivity index (χ4v) is 4.06. The maximum atomic E-state index is 12.0. The molecule has 0 fully saturated rings. The highest BCUT2D eigenvalue weighted by molar-refractivity contribution is 14.1. The van der Waals surface area contributed by atoms with E-state index >= 15 is 0 Å². The quantitative estimate of drug-likeness (QED) is 0.554. The number of nitrogens with zero attached hydrogens (tertiary/aromatic N) is 2. The summed E-state index contributed by atoms with van der Waals surface area (Å²) in [6, 6.07) is 2.96. The molecule has 0 aromatic carbocycles. The lowest BCUT2D eigenvalue weighted by Gasteiger charge is -2.13. The smallest absolute Gasteiger partial charge is 0.260 e. The zero-order chi connectivity index (χ0) is 12.6. The predicted molar refractivity (Wildman–Crippen MR) is 68.4 cm³/mol. The van der Waals surface area contributed by atoms with E-state index in [0.717, 1.165) is 6.07 Å². The minimum Gasteiger partial charge on any atom is -0.545 e. The van der Waals surface area contributed by atoms with E-state index in [2.05, 4.69) is 22.6 Å². The first kappa shape index (κ1) is 12.4. The number of aromatic nitrogens is 1. The van der Waals surface area contributed by atoms with Crippen molar-refractivity contribution in [2.45, 2.75) is 11.1 Å². The zero-order valence-electron chi connectivity index (χ0n) is 8.47. The SMILES string of the molecule is N#Cc1cc(C(=O)[O-])c(=O)n2c1SC[C@H]2CI. The van der Waals surface area contributed by atoms with Crippen molar-refractivity contribution >= 4 is 40.3 Å². The van der Waals surface area contributed by atoms with Gasteiger partial charge >= 0.3 is 0 Å². The van der Waals surface area contributed by atoms with Gasteiger partial charge in [0.05, 0.1) is 28.2 Å². The molecule has 1 aliphatic rings. The van der Waals surface area contributed by atoms with Crippen LogP contribution in [-0.2, 0) is 0 Å². The molecule has 5 nitrogen and oxygen atoms in total. The third kappa shape index (κ3) is 1.95. The molecule has 0 spiro atoms. The van der Waals surface area contributed by atoms with Gasteiger partial charge in [-0.05, 0) is 6.07 Å². The summed E-state index contributed by atoms with van der Waals surface area (Å²) in [5.41, 5.74) is -0.797. The second kappa shape index (κ2) is 4.70. The highest BCUT2D eigenvalue weighted by atomic mass is 127. The van der Waals surface area contributed by atoms with Crippen molar-refractivity contribution < 1.29 is 9.90 Å². The average molecular weight is 361 g/mol. The van der Waals surface area contributed by atoms with Gasteiger partial charge in [-0.3, -0.25) is 9.36 Å².